The van der Waals surface area contributed by atoms with Crippen LogP contribution in [0.2, 0.25) is 0 Å². The minimum absolute atomic E-state index is 0.348. The lowest BCUT2D eigenvalue weighted by atomic mass is 9.95. The van der Waals surface area contributed by atoms with Gasteiger partial charge in [-0.3, -0.25) is 0 Å². The van der Waals surface area contributed by atoms with E-state index in [9.17, 15) is 21.0 Å². The molecule has 438 valence electrons. The summed E-state index contributed by atoms with van der Waals surface area (Å²) in [5, 5.41) is 44.2. The van der Waals surface area contributed by atoms with Crippen molar-refractivity contribution in [2.45, 2.75) is 0 Å². The molecule has 0 amide bonds. The van der Waals surface area contributed by atoms with Gasteiger partial charge in [0.15, 0.2) is 28.6 Å². The van der Waals surface area contributed by atoms with E-state index >= 15 is 0 Å². The summed E-state index contributed by atoms with van der Waals surface area (Å²) in [5.74, 6) is 0.492. The lowest BCUT2D eigenvalue weighted by molar-refractivity contribution is 1.15. The molecule has 3 heterocycles. The van der Waals surface area contributed by atoms with Crippen molar-refractivity contribution in [2.75, 3.05) is 0 Å². The zero-order valence-electron chi connectivity index (χ0n) is 50.6. The summed E-state index contributed by atoms with van der Waals surface area (Å²) in [5.41, 5.74) is 19.2. The summed E-state index contributed by atoms with van der Waals surface area (Å²) < 4.78 is 4.49. The molecule has 0 bridgehead atoms. The fourth-order valence-electron chi connectivity index (χ4n) is 13.1. The van der Waals surface area contributed by atoms with E-state index in [1.807, 2.05) is 115 Å². The summed E-state index contributed by atoms with van der Waals surface area (Å²) >= 11 is 0. The molecule has 12 nitrogen and oxygen atoms in total. The van der Waals surface area contributed by atoms with Crippen LogP contribution in [0, 0.1) is 71.6 Å². The number of nitriles is 4. The minimum Gasteiger partial charge on any atom is -0.309 e. The molecule has 15 aromatic rings. The number of aromatic nitrogens is 4. The SMILES string of the molecule is [C-]#[N+]c1ccc(-c2ccc3c(c2)c2cc(-c4ccc([N+]#[C-])cc4[N+]#[C-])ccc2n3-c2ccccc2-c2cc(-c3nc(-c4ccccc4)cc(-c4ccccc4)n3)ccc2-n2c3ccc(-c4ccc(C#N)cc4C#N)cc3c3cc(-c4ccc(C#N)cc4C#N)ccc32)c([N+]#[C-])c1. The average Bonchev–Trinajstić information content (AvgIpc) is 1.57. The molecule has 0 saturated carbocycles. The van der Waals surface area contributed by atoms with Crippen molar-refractivity contribution in [2.24, 2.45) is 0 Å². The van der Waals surface area contributed by atoms with E-state index in [1.54, 1.807) is 60.7 Å². The first-order valence-corrected chi connectivity index (χ1v) is 30.3. The Bertz CT molecular complexity index is 5870. The molecule has 0 radical (unpaired) electrons. The highest BCUT2D eigenvalue weighted by atomic mass is 15.0. The van der Waals surface area contributed by atoms with E-state index in [2.05, 4.69) is 132 Å². The molecular weight excluding hydrogens is 1180 g/mol. The first-order valence-electron chi connectivity index (χ1n) is 30.3. The van der Waals surface area contributed by atoms with Gasteiger partial charge in [-0.15, -0.1) is 0 Å². The molecular formula is C84H42N12. The van der Waals surface area contributed by atoms with Crippen molar-refractivity contribution in [3.05, 3.63) is 323 Å². The smallest absolute Gasteiger partial charge is 0.184 e. The number of benzene rings is 12. The van der Waals surface area contributed by atoms with Crippen LogP contribution in [0.15, 0.2) is 255 Å². The van der Waals surface area contributed by atoms with Crippen LogP contribution in [0.1, 0.15) is 22.3 Å². The Morgan fingerprint density at radius 2 is 0.688 bits per heavy atom. The van der Waals surface area contributed by atoms with Crippen LogP contribution in [0.3, 0.4) is 0 Å². The largest absolute Gasteiger partial charge is 0.309 e. The van der Waals surface area contributed by atoms with Gasteiger partial charge in [0.05, 0.1) is 118 Å². The van der Waals surface area contributed by atoms with Gasteiger partial charge >= 0.3 is 0 Å². The minimum atomic E-state index is 0.348. The maximum absolute atomic E-state index is 10.5. The van der Waals surface area contributed by atoms with Crippen molar-refractivity contribution in [1.29, 1.82) is 21.0 Å². The highest BCUT2D eigenvalue weighted by molar-refractivity contribution is 6.15. The van der Waals surface area contributed by atoms with Crippen LogP contribution in [0.4, 0.5) is 22.7 Å². The van der Waals surface area contributed by atoms with Gasteiger partial charge in [0, 0.05) is 49.4 Å². The Kier molecular flexibility index (Phi) is 14.3. The van der Waals surface area contributed by atoms with Gasteiger partial charge in [-0.1, -0.05) is 152 Å². The molecule has 0 spiro atoms. The molecule has 0 unspecified atom stereocenters. The molecule has 0 aliphatic carbocycles. The molecule has 0 atom stereocenters. The van der Waals surface area contributed by atoms with Gasteiger partial charge < -0.3 is 9.13 Å². The normalized spacial score (nSPS) is 10.8. The van der Waals surface area contributed by atoms with Gasteiger partial charge in [0.1, 0.15) is 0 Å². The van der Waals surface area contributed by atoms with Crippen molar-refractivity contribution in [3.63, 3.8) is 0 Å². The van der Waals surface area contributed by atoms with Gasteiger partial charge in [0.2, 0.25) is 0 Å². The van der Waals surface area contributed by atoms with Gasteiger partial charge in [0.25, 0.3) is 0 Å². The Hall–Kier alpha value is -14.8. The molecule has 0 N–H and O–H groups in total. The first-order chi connectivity index (χ1) is 47.2. The first kappa shape index (κ1) is 57.7. The number of nitrogens with zero attached hydrogens (tertiary/aromatic N) is 12. The second kappa shape index (κ2) is 23.9. The fraction of sp³-hybridized carbons (Fsp3) is 0. The number of fused-ring (bicyclic) bond motifs is 6. The van der Waals surface area contributed by atoms with Gasteiger partial charge in [-0.05, 0) is 148 Å². The van der Waals surface area contributed by atoms with Crippen molar-refractivity contribution >= 4 is 66.4 Å². The van der Waals surface area contributed by atoms with Crippen molar-refractivity contribution in [3.8, 4) is 125 Å². The number of para-hydroxylation sites is 1. The number of rotatable bonds is 10. The van der Waals surface area contributed by atoms with Crippen LogP contribution >= 0.6 is 0 Å². The summed E-state index contributed by atoms with van der Waals surface area (Å²) in [4.78, 5) is 25.7. The van der Waals surface area contributed by atoms with E-state index in [1.165, 1.54) is 0 Å². The monoisotopic (exact) mass is 1220 g/mol. The Labute approximate surface area is 551 Å². The molecule has 15 rings (SSSR count). The number of hydrogen-bond acceptors (Lipinski definition) is 6. The molecule has 96 heavy (non-hydrogen) atoms. The molecule has 0 aliphatic heterocycles. The maximum Gasteiger partial charge on any atom is 0.184 e. The van der Waals surface area contributed by atoms with E-state index in [4.69, 9.17) is 36.3 Å². The second-order valence-corrected chi connectivity index (χ2v) is 22.9. The molecule has 0 fully saturated rings. The van der Waals surface area contributed by atoms with Crippen LogP contribution in [0.25, 0.3) is 164 Å². The molecule has 0 aliphatic rings. The predicted molar refractivity (Wildman–Crippen MR) is 378 cm³/mol. The lowest BCUT2D eigenvalue weighted by Crippen LogP contribution is -2.03. The van der Waals surface area contributed by atoms with E-state index < -0.39 is 0 Å². The van der Waals surface area contributed by atoms with Crippen LogP contribution < -0.4 is 0 Å². The Balaban J connectivity index is 1.03. The Morgan fingerprint density at radius 3 is 1.10 bits per heavy atom. The quantitative estimate of drug-likeness (QED) is 0.125. The second-order valence-electron chi connectivity index (χ2n) is 22.9. The summed E-state index contributed by atoms with van der Waals surface area (Å²) in [6.45, 7) is 31.9. The Morgan fingerprint density at radius 1 is 0.292 bits per heavy atom. The van der Waals surface area contributed by atoms with Crippen LogP contribution in [-0.4, -0.2) is 19.1 Å². The third-order valence-corrected chi connectivity index (χ3v) is 17.6. The van der Waals surface area contributed by atoms with Crippen LogP contribution in [-0.2, 0) is 0 Å². The number of hydrogen-bond donors (Lipinski definition) is 0. The lowest BCUT2D eigenvalue weighted by Gasteiger charge is -2.20. The third-order valence-electron chi connectivity index (χ3n) is 17.6. The topological polar surface area (TPSA) is 148 Å². The summed E-state index contributed by atoms with van der Waals surface area (Å²) in [6, 6.07) is 90.8. The fourth-order valence-corrected chi connectivity index (χ4v) is 13.1. The van der Waals surface area contributed by atoms with Crippen LogP contribution in [0.5, 0.6) is 0 Å². The highest BCUT2D eigenvalue weighted by Crippen LogP contribution is 2.47. The summed E-state index contributed by atoms with van der Waals surface area (Å²) in [6.07, 6.45) is 0. The highest BCUT2D eigenvalue weighted by Gasteiger charge is 2.25. The van der Waals surface area contributed by atoms with E-state index in [-0.39, 0.29) is 0 Å². The zero-order chi connectivity index (χ0) is 65.6. The van der Waals surface area contributed by atoms with Crippen molar-refractivity contribution in [1.82, 2.24) is 19.1 Å². The zero-order valence-corrected chi connectivity index (χ0v) is 50.6. The van der Waals surface area contributed by atoms with Gasteiger partial charge in [-0.2, -0.15) is 21.0 Å². The van der Waals surface area contributed by atoms with Crippen molar-refractivity contribution < 1.29 is 0 Å². The standard InChI is InChI=1S/C84H42N12/c1-89-62-26-30-66(76(44-62)91-3)57-23-34-80-72(41-57)73-42-58(67-31-27-63(90-2)45-77(67)92-4)24-35-81(73)95(80)78-18-12-11-17-68(78)69-43-59(84-93-74(53-13-7-5-8-14-53)46-75(94-84)54-15-9-6-10-16-54)25-36-79(69)96-82-32-21-55(64-28-19-51(47-85)37-60(64)49-87)39-70(82)71-40-56(22-33-83(71)96)65-29-20-52(48-86)38-61(65)50-88/h5-46H. The maximum atomic E-state index is 10.5. The average molecular weight is 1220 g/mol. The molecule has 3 aromatic heterocycles. The molecule has 12 heteroatoms. The molecule has 12 aromatic carbocycles. The predicted octanol–water partition coefficient (Wildman–Crippen LogP) is 21.7. The molecule has 0 saturated heterocycles. The summed E-state index contributed by atoms with van der Waals surface area (Å²) in [7, 11) is 0. The van der Waals surface area contributed by atoms with E-state index in [0.29, 0.717) is 73.1 Å². The van der Waals surface area contributed by atoms with Gasteiger partial charge in [-0.25, -0.2) is 29.3 Å². The van der Waals surface area contributed by atoms with E-state index in [0.717, 1.165) is 116 Å². The third kappa shape index (κ3) is 9.91.